The van der Waals surface area contributed by atoms with Crippen LogP contribution in [0.3, 0.4) is 0 Å². The summed E-state index contributed by atoms with van der Waals surface area (Å²) < 4.78 is 0. The van der Waals surface area contributed by atoms with Gasteiger partial charge >= 0.3 is 5.97 Å². The summed E-state index contributed by atoms with van der Waals surface area (Å²) in [6.07, 6.45) is 1.08. The number of aromatic carboxylic acids is 1. The molecule has 1 aromatic carbocycles. The third kappa shape index (κ3) is 6.65. The number of rotatable bonds is 7. The van der Waals surface area contributed by atoms with Gasteiger partial charge in [-0.05, 0) is 23.6 Å². The number of hydrazone groups is 1. The van der Waals surface area contributed by atoms with Crippen molar-refractivity contribution in [3.8, 4) is 0 Å². The summed E-state index contributed by atoms with van der Waals surface area (Å²) in [4.78, 5) is 33.6. The van der Waals surface area contributed by atoms with E-state index in [9.17, 15) is 14.4 Å². The lowest BCUT2D eigenvalue weighted by Crippen LogP contribution is -2.32. The van der Waals surface area contributed by atoms with Crippen LogP contribution >= 0.6 is 0 Å². The lowest BCUT2D eigenvalue weighted by atomic mass is 10.1. The number of amides is 2. The molecule has 2 amide bonds. The van der Waals surface area contributed by atoms with Crippen LogP contribution < -0.4 is 10.7 Å². The Kier molecular flexibility index (Phi) is 6.75. The van der Waals surface area contributed by atoms with E-state index in [-0.39, 0.29) is 17.9 Å². The van der Waals surface area contributed by atoms with Crippen LogP contribution in [0.4, 0.5) is 0 Å². The van der Waals surface area contributed by atoms with Crippen molar-refractivity contribution >= 4 is 24.0 Å². The summed E-state index contributed by atoms with van der Waals surface area (Å²) in [5, 5.41) is 15.1. The summed E-state index contributed by atoms with van der Waals surface area (Å²) in [5.41, 5.74) is 3.04. The predicted octanol–water partition coefficient (Wildman–Crippen LogP) is 0.997. The highest BCUT2D eigenvalue weighted by atomic mass is 16.4. The van der Waals surface area contributed by atoms with Crippen LogP contribution in [0.2, 0.25) is 0 Å². The molecule has 1 aromatic rings. The maximum atomic E-state index is 11.5. The van der Waals surface area contributed by atoms with Crippen molar-refractivity contribution in [2.24, 2.45) is 11.0 Å². The third-order valence-corrected chi connectivity index (χ3v) is 2.59. The van der Waals surface area contributed by atoms with Crippen molar-refractivity contribution in [3.63, 3.8) is 0 Å². The predicted molar refractivity (Wildman–Crippen MR) is 81.6 cm³/mol. The van der Waals surface area contributed by atoms with Crippen LogP contribution in [0.25, 0.3) is 0 Å². The molecule has 0 aromatic heterocycles. The summed E-state index contributed by atoms with van der Waals surface area (Å²) in [5.74, 6) is -1.56. The second-order valence-electron chi connectivity index (χ2n) is 5.10. The molecule has 0 aliphatic rings. The standard InChI is InChI=1S/C15H19N3O4/c1-10(2)8-16-13(19)7-14(20)18-17-9-11-3-5-12(6-4-11)15(21)22/h3-6,9-10H,7-8H2,1-2H3,(H,16,19)(H,18,20)(H,21,22)/b17-9-. The number of carbonyl (C=O) groups excluding carboxylic acids is 2. The number of carboxylic acids is 1. The fourth-order valence-corrected chi connectivity index (χ4v) is 1.46. The van der Waals surface area contributed by atoms with Gasteiger partial charge in [-0.25, -0.2) is 10.2 Å². The number of benzene rings is 1. The van der Waals surface area contributed by atoms with Gasteiger partial charge in [0.05, 0.1) is 11.8 Å². The molecule has 0 aliphatic heterocycles. The van der Waals surface area contributed by atoms with Crippen LogP contribution in [0.15, 0.2) is 29.4 Å². The van der Waals surface area contributed by atoms with Crippen molar-refractivity contribution in [3.05, 3.63) is 35.4 Å². The van der Waals surface area contributed by atoms with E-state index in [1.807, 2.05) is 13.8 Å². The van der Waals surface area contributed by atoms with E-state index in [2.05, 4.69) is 15.8 Å². The summed E-state index contributed by atoms with van der Waals surface area (Å²) >= 11 is 0. The Hall–Kier alpha value is -2.70. The third-order valence-electron chi connectivity index (χ3n) is 2.59. The Morgan fingerprint density at radius 1 is 1.18 bits per heavy atom. The van der Waals surface area contributed by atoms with Gasteiger partial charge in [0.1, 0.15) is 6.42 Å². The number of nitrogens with one attached hydrogen (secondary N) is 2. The molecule has 0 bridgehead atoms. The number of carbonyl (C=O) groups is 3. The van der Waals surface area contributed by atoms with Crippen molar-refractivity contribution in [1.29, 1.82) is 0 Å². The molecule has 7 nitrogen and oxygen atoms in total. The maximum Gasteiger partial charge on any atom is 0.335 e. The van der Waals surface area contributed by atoms with Crippen LogP contribution in [0.1, 0.15) is 36.2 Å². The molecule has 0 saturated carbocycles. The molecule has 1 rings (SSSR count). The van der Waals surface area contributed by atoms with E-state index in [0.29, 0.717) is 18.0 Å². The summed E-state index contributed by atoms with van der Waals surface area (Å²) in [6.45, 7) is 4.44. The Balaban J connectivity index is 2.39. The Morgan fingerprint density at radius 2 is 1.82 bits per heavy atom. The molecular formula is C15H19N3O4. The first-order chi connectivity index (χ1) is 10.4. The normalized spacial score (nSPS) is 10.7. The first-order valence-corrected chi connectivity index (χ1v) is 6.80. The van der Waals surface area contributed by atoms with Gasteiger partial charge in [-0.1, -0.05) is 26.0 Å². The van der Waals surface area contributed by atoms with Crippen LogP contribution in [0.5, 0.6) is 0 Å². The van der Waals surface area contributed by atoms with Crippen LogP contribution in [-0.2, 0) is 9.59 Å². The minimum Gasteiger partial charge on any atom is -0.478 e. The van der Waals surface area contributed by atoms with Gasteiger partial charge in [0.15, 0.2) is 0 Å². The number of hydrogen-bond acceptors (Lipinski definition) is 4. The SMILES string of the molecule is CC(C)CNC(=O)CC(=O)N/N=C\c1ccc(C(=O)O)cc1. The maximum absolute atomic E-state index is 11.5. The topological polar surface area (TPSA) is 108 Å². The van der Waals surface area contributed by atoms with E-state index < -0.39 is 11.9 Å². The monoisotopic (exact) mass is 305 g/mol. The number of hydrogen-bond donors (Lipinski definition) is 3. The molecule has 0 atom stereocenters. The Labute approximate surface area is 128 Å². The van der Waals surface area contributed by atoms with Crippen molar-refractivity contribution in [2.45, 2.75) is 20.3 Å². The molecule has 118 valence electrons. The molecule has 3 N–H and O–H groups in total. The largest absolute Gasteiger partial charge is 0.478 e. The first-order valence-electron chi connectivity index (χ1n) is 6.80. The van der Waals surface area contributed by atoms with Gasteiger partial charge in [0, 0.05) is 6.54 Å². The average molecular weight is 305 g/mol. The fourth-order valence-electron chi connectivity index (χ4n) is 1.46. The zero-order valence-electron chi connectivity index (χ0n) is 12.5. The van der Waals surface area contributed by atoms with Crippen molar-refractivity contribution in [1.82, 2.24) is 10.7 Å². The lowest BCUT2D eigenvalue weighted by molar-refractivity contribution is -0.129. The second kappa shape index (κ2) is 8.56. The fraction of sp³-hybridized carbons (Fsp3) is 0.333. The molecule has 0 radical (unpaired) electrons. The van der Waals surface area contributed by atoms with Gasteiger partial charge in [-0.2, -0.15) is 5.10 Å². The molecule has 0 saturated heterocycles. The van der Waals surface area contributed by atoms with Gasteiger partial charge < -0.3 is 10.4 Å². The average Bonchev–Trinajstić information content (AvgIpc) is 2.45. The summed E-state index contributed by atoms with van der Waals surface area (Å²) in [7, 11) is 0. The number of carboxylic acid groups (broad SMARTS) is 1. The molecule has 0 spiro atoms. The van der Waals surface area contributed by atoms with E-state index in [4.69, 9.17) is 5.11 Å². The minimum absolute atomic E-state index is 0.169. The highest BCUT2D eigenvalue weighted by molar-refractivity contribution is 5.97. The zero-order chi connectivity index (χ0) is 16.5. The molecule has 22 heavy (non-hydrogen) atoms. The Morgan fingerprint density at radius 3 is 2.36 bits per heavy atom. The van der Waals surface area contributed by atoms with E-state index in [1.165, 1.54) is 18.3 Å². The molecule has 0 aliphatic carbocycles. The zero-order valence-corrected chi connectivity index (χ0v) is 12.5. The van der Waals surface area contributed by atoms with Gasteiger partial charge in [0.2, 0.25) is 11.8 Å². The van der Waals surface area contributed by atoms with Crippen LogP contribution in [0, 0.1) is 5.92 Å². The highest BCUT2D eigenvalue weighted by Crippen LogP contribution is 2.02. The minimum atomic E-state index is -1.01. The van der Waals surface area contributed by atoms with Gasteiger partial charge in [-0.3, -0.25) is 9.59 Å². The highest BCUT2D eigenvalue weighted by Gasteiger charge is 2.08. The summed E-state index contributed by atoms with van der Waals surface area (Å²) in [6, 6.07) is 6.00. The lowest BCUT2D eigenvalue weighted by Gasteiger charge is -2.06. The quantitative estimate of drug-likeness (QED) is 0.396. The second-order valence-corrected chi connectivity index (χ2v) is 5.10. The van der Waals surface area contributed by atoms with Gasteiger partial charge in [0.25, 0.3) is 0 Å². The van der Waals surface area contributed by atoms with E-state index in [0.717, 1.165) is 0 Å². The molecular weight excluding hydrogens is 286 g/mol. The molecule has 7 heteroatoms. The number of nitrogens with zero attached hydrogens (tertiary/aromatic N) is 1. The Bertz CT molecular complexity index is 565. The molecule has 0 unspecified atom stereocenters. The van der Waals surface area contributed by atoms with Crippen LogP contribution in [-0.4, -0.2) is 35.6 Å². The molecule has 0 heterocycles. The smallest absolute Gasteiger partial charge is 0.335 e. The first kappa shape index (κ1) is 17.4. The molecule has 0 fully saturated rings. The van der Waals surface area contributed by atoms with E-state index in [1.54, 1.807) is 12.1 Å². The van der Waals surface area contributed by atoms with E-state index >= 15 is 0 Å². The van der Waals surface area contributed by atoms with Crippen molar-refractivity contribution < 1.29 is 19.5 Å². The van der Waals surface area contributed by atoms with Crippen molar-refractivity contribution in [2.75, 3.05) is 6.54 Å². The van der Waals surface area contributed by atoms with Gasteiger partial charge in [-0.15, -0.1) is 0 Å².